The molecule has 0 radical (unpaired) electrons. The Kier molecular flexibility index (Phi) is 4.17. The highest BCUT2D eigenvalue weighted by atomic mass is 16.2. The largest absolute Gasteiger partial charge is 0.353 e. The van der Waals surface area contributed by atoms with Gasteiger partial charge in [0.25, 0.3) is 0 Å². The van der Waals surface area contributed by atoms with Crippen molar-refractivity contribution >= 4 is 16.9 Å². The quantitative estimate of drug-likeness (QED) is 0.911. The Morgan fingerprint density at radius 2 is 1.91 bits per heavy atom. The molecule has 2 aromatic rings. The molecular weight excluding hydrogens is 286 g/mol. The smallest absolute Gasteiger partial charge is 0.225 e. The molecule has 0 saturated heterocycles. The number of carbonyl (C=O) groups is 1. The average Bonchev–Trinajstić information content (AvgIpc) is 2.90. The number of imidazole rings is 1. The highest BCUT2D eigenvalue weighted by Gasteiger charge is 2.28. The summed E-state index contributed by atoms with van der Waals surface area (Å²) in [4.78, 5) is 16.7. The number of amides is 1. The van der Waals surface area contributed by atoms with Crippen molar-refractivity contribution in [2.75, 3.05) is 0 Å². The third kappa shape index (κ3) is 3.41. The molecule has 3 rings (SSSR count). The molecule has 1 amide bonds. The van der Waals surface area contributed by atoms with Crippen molar-refractivity contribution in [2.45, 2.75) is 65.5 Å². The van der Waals surface area contributed by atoms with E-state index in [0.717, 1.165) is 31.2 Å². The molecule has 4 nitrogen and oxygen atoms in total. The molecule has 1 heterocycles. The van der Waals surface area contributed by atoms with Crippen molar-refractivity contribution in [3.8, 4) is 0 Å². The lowest BCUT2D eigenvalue weighted by Gasteiger charge is -2.32. The first kappa shape index (κ1) is 16.0. The van der Waals surface area contributed by atoms with Crippen LogP contribution >= 0.6 is 0 Å². The predicted molar refractivity (Wildman–Crippen MR) is 93.4 cm³/mol. The van der Waals surface area contributed by atoms with E-state index in [-0.39, 0.29) is 11.3 Å². The fraction of sp³-hybridized carbons (Fsp3) is 0.579. The Balaban J connectivity index is 1.65. The van der Waals surface area contributed by atoms with E-state index in [2.05, 4.69) is 40.0 Å². The van der Waals surface area contributed by atoms with Gasteiger partial charge in [-0.3, -0.25) is 4.79 Å². The normalized spacial score (nSPS) is 22.3. The Hall–Kier alpha value is -1.84. The van der Waals surface area contributed by atoms with Gasteiger partial charge in [0.2, 0.25) is 5.91 Å². The molecular formula is C19H27N3O. The minimum atomic E-state index is -0.310. The number of hydrogen-bond donors (Lipinski definition) is 1. The number of fused-ring (bicyclic) bond motifs is 1. The number of nitrogens with one attached hydrogen (secondary N) is 1. The van der Waals surface area contributed by atoms with E-state index in [9.17, 15) is 4.79 Å². The zero-order chi connectivity index (χ0) is 16.6. The van der Waals surface area contributed by atoms with Gasteiger partial charge in [0.1, 0.15) is 0 Å². The second-order valence-corrected chi connectivity index (χ2v) is 7.87. The number of carbonyl (C=O) groups excluding carboxylic acids is 1. The number of hydrogen-bond acceptors (Lipinski definition) is 2. The van der Waals surface area contributed by atoms with Crippen molar-refractivity contribution in [2.24, 2.45) is 5.41 Å². The summed E-state index contributed by atoms with van der Waals surface area (Å²) in [6, 6.07) is 7.27. The van der Waals surface area contributed by atoms with E-state index in [1.807, 2.05) is 27.1 Å². The lowest BCUT2D eigenvalue weighted by Crippen LogP contribution is -2.43. The van der Waals surface area contributed by atoms with Gasteiger partial charge in [0, 0.05) is 17.5 Å². The van der Waals surface area contributed by atoms with E-state index in [4.69, 9.17) is 0 Å². The average molecular weight is 313 g/mol. The molecule has 1 aliphatic rings. The highest BCUT2D eigenvalue weighted by Crippen LogP contribution is 2.31. The van der Waals surface area contributed by atoms with E-state index in [1.54, 1.807) is 0 Å². The topological polar surface area (TPSA) is 46.9 Å². The van der Waals surface area contributed by atoms with Gasteiger partial charge >= 0.3 is 0 Å². The zero-order valence-corrected chi connectivity index (χ0v) is 14.6. The summed E-state index contributed by atoms with van der Waals surface area (Å²) in [6.07, 6.45) is 6.24. The van der Waals surface area contributed by atoms with Crippen LogP contribution in [-0.4, -0.2) is 21.5 Å². The van der Waals surface area contributed by atoms with Crippen molar-refractivity contribution < 1.29 is 4.79 Å². The lowest BCUT2D eigenvalue weighted by atomic mass is 9.89. The first-order valence-electron chi connectivity index (χ1n) is 8.59. The maximum absolute atomic E-state index is 12.1. The Bertz CT molecular complexity index is 703. The van der Waals surface area contributed by atoms with Crippen molar-refractivity contribution in [3.63, 3.8) is 0 Å². The van der Waals surface area contributed by atoms with Gasteiger partial charge in [0.05, 0.1) is 17.4 Å². The molecule has 1 saturated carbocycles. The molecule has 0 spiro atoms. The third-order valence-electron chi connectivity index (χ3n) is 4.84. The van der Waals surface area contributed by atoms with Gasteiger partial charge < -0.3 is 9.88 Å². The molecule has 23 heavy (non-hydrogen) atoms. The molecule has 0 aliphatic heterocycles. The van der Waals surface area contributed by atoms with Crippen LogP contribution in [0.5, 0.6) is 0 Å². The van der Waals surface area contributed by atoms with E-state index in [1.165, 1.54) is 11.1 Å². The van der Waals surface area contributed by atoms with Gasteiger partial charge in [0.15, 0.2) is 0 Å². The Morgan fingerprint density at radius 1 is 1.22 bits per heavy atom. The third-order valence-corrected chi connectivity index (χ3v) is 4.84. The van der Waals surface area contributed by atoms with E-state index in [0.29, 0.717) is 12.1 Å². The second-order valence-electron chi connectivity index (χ2n) is 7.87. The number of benzene rings is 1. The zero-order valence-electron chi connectivity index (χ0n) is 14.6. The van der Waals surface area contributed by atoms with Crippen LogP contribution in [0.25, 0.3) is 11.0 Å². The maximum Gasteiger partial charge on any atom is 0.225 e. The fourth-order valence-electron chi connectivity index (χ4n) is 3.33. The minimum absolute atomic E-state index is 0.157. The van der Waals surface area contributed by atoms with Crippen LogP contribution in [0.2, 0.25) is 0 Å². The van der Waals surface area contributed by atoms with E-state index >= 15 is 0 Å². The number of nitrogens with zero attached hydrogens (tertiary/aromatic N) is 2. The molecule has 0 atom stereocenters. The molecule has 1 aliphatic carbocycles. The number of aromatic nitrogens is 2. The summed E-state index contributed by atoms with van der Waals surface area (Å²) < 4.78 is 2.32. The standard InChI is InChI=1S/C19H27N3O/c1-13-5-10-17-16(11-13)20-12-22(17)15-8-6-14(7-9-15)21-18(23)19(2,3)4/h5,10-12,14-15H,6-9H2,1-4H3,(H,21,23). The molecule has 0 bridgehead atoms. The Labute approximate surface area is 138 Å². The van der Waals surface area contributed by atoms with Crippen molar-refractivity contribution in [1.82, 2.24) is 14.9 Å². The van der Waals surface area contributed by atoms with Crippen molar-refractivity contribution in [1.29, 1.82) is 0 Å². The van der Waals surface area contributed by atoms with Gasteiger partial charge in [-0.05, 0) is 50.3 Å². The predicted octanol–water partition coefficient (Wildman–Crippen LogP) is 3.99. The van der Waals surface area contributed by atoms with E-state index < -0.39 is 0 Å². The number of aryl methyl sites for hydroxylation is 1. The van der Waals surface area contributed by atoms with Crippen molar-refractivity contribution in [3.05, 3.63) is 30.1 Å². The summed E-state index contributed by atoms with van der Waals surface area (Å²) in [5, 5.41) is 3.21. The molecule has 1 N–H and O–H groups in total. The van der Waals surface area contributed by atoms with Gasteiger partial charge in [-0.25, -0.2) is 4.98 Å². The van der Waals surface area contributed by atoms with Gasteiger partial charge in [-0.2, -0.15) is 0 Å². The van der Waals surface area contributed by atoms with Crippen LogP contribution in [0.15, 0.2) is 24.5 Å². The van der Waals surface area contributed by atoms with Crippen LogP contribution in [0.4, 0.5) is 0 Å². The van der Waals surface area contributed by atoms with Gasteiger partial charge in [-0.15, -0.1) is 0 Å². The fourth-order valence-corrected chi connectivity index (χ4v) is 3.33. The summed E-state index contributed by atoms with van der Waals surface area (Å²) in [5.74, 6) is 0.157. The maximum atomic E-state index is 12.1. The summed E-state index contributed by atoms with van der Waals surface area (Å²) in [7, 11) is 0. The van der Waals surface area contributed by atoms with Crippen LogP contribution in [-0.2, 0) is 4.79 Å². The highest BCUT2D eigenvalue weighted by molar-refractivity contribution is 5.81. The van der Waals surface area contributed by atoms with Gasteiger partial charge in [-0.1, -0.05) is 26.8 Å². The second kappa shape index (κ2) is 5.99. The first-order valence-corrected chi connectivity index (χ1v) is 8.59. The van der Waals surface area contributed by atoms with Crippen LogP contribution in [0, 0.1) is 12.3 Å². The molecule has 1 aromatic heterocycles. The van der Waals surface area contributed by atoms with Crippen LogP contribution < -0.4 is 5.32 Å². The summed E-state index contributed by atoms with van der Waals surface area (Å²) in [6.45, 7) is 8.00. The SMILES string of the molecule is Cc1ccc2c(c1)ncn2C1CCC(NC(=O)C(C)(C)C)CC1. The summed E-state index contributed by atoms with van der Waals surface area (Å²) in [5.41, 5.74) is 3.23. The molecule has 0 unspecified atom stereocenters. The molecule has 1 fully saturated rings. The Morgan fingerprint density at radius 3 is 2.57 bits per heavy atom. The molecule has 1 aromatic carbocycles. The monoisotopic (exact) mass is 313 g/mol. The first-order chi connectivity index (χ1) is 10.8. The summed E-state index contributed by atoms with van der Waals surface area (Å²) >= 11 is 0. The van der Waals surface area contributed by atoms with Crippen LogP contribution in [0.3, 0.4) is 0 Å². The molecule has 124 valence electrons. The lowest BCUT2D eigenvalue weighted by molar-refractivity contribution is -0.129. The number of rotatable bonds is 2. The van der Waals surface area contributed by atoms with Crippen LogP contribution in [0.1, 0.15) is 58.1 Å². The molecule has 4 heteroatoms. The minimum Gasteiger partial charge on any atom is -0.353 e.